The molecule has 3 heterocycles. The molecular formula is C23H25N3O4S. The van der Waals surface area contributed by atoms with Crippen molar-refractivity contribution >= 4 is 28.8 Å². The lowest BCUT2D eigenvalue weighted by atomic mass is 10.1. The van der Waals surface area contributed by atoms with E-state index in [2.05, 4.69) is 15.5 Å². The summed E-state index contributed by atoms with van der Waals surface area (Å²) in [6, 6.07) is 14.3. The molecule has 1 aliphatic rings. The highest BCUT2D eigenvalue weighted by Gasteiger charge is 2.25. The Bertz CT molecular complexity index is 1010. The van der Waals surface area contributed by atoms with Gasteiger partial charge < -0.3 is 19.8 Å². The topological polar surface area (TPSA) is 83.8 Å². The molecule has 0 bridgehead atoms. The molecule has 1 aliphatic heterocycles. The van der Waals surface area contributed by atoms with Crippen molar-refractivity contribution in [3.63, 3.8) is 0 Å². The van der Waals surface area contributed by atoms with Gasteiger partial charge in [0.1, 0.15) is 11.5 Å². The number of ether oxygens (including phenoxy) is 1. The normalized spacial score (nSPS) is 15.4. The molecule has 2 N–H and O–H groups in total. The van der Waals surface area contributed by atoms with E-state index in [1.54, 1.807) is 30.3 Å². The number of benzene rings is 1. The smallest absolute Gasteiger partial charge is 0.265 e. The van der Waals surface area contributed by atoms with Gasteiger partial charge in [0.2, 0.25) is 0 Å². The number of carbonyl (C=O) groups excluding carboxylic acids is 2. The summed E-state index contributed by atoms with van der Waals surface area (Å²) in [6.45, 7) is 5.27. The lowest BCUT2D eigenvalue weighted by molar-refractivity contribution is 0.0117. The van der Waals surface area contributed by atoms with Crippen molar-refractivity contribution in [1.29, 1.82) is 0 Å². The van der Waals surface area contributed by atoms with E-state index in [9.17, 15) is 9.59 Å². The molecule has 8 heteroatoms. The summed E-state index contributed by atoms with van der Waals surface area (Å²) < 4.78 is 11.3. The van der Waals surface area contributed by atoms with Gasteiger partial charge in [-0.3, -0.25) is 14.5 Å². The van der Waals surface area contributed by atoms with Crippen LogP contribution in [0.15, 0.2) is 58.3 Å². The molecule has 0 unspecified atom stereocenters. The third-order valence-corrected chi connectivity index (χ3v) is 6.05. The van der Waals surface area contributed by atoms with Crippen LogP contribution in [0, 0.1) is 6.92 Å². The molecule has 0 radical (unpaired) electrons. The summed E-state index contributed by atoms with van der Waals surface area (Å²) in [7, 11) is 0. The molecule has 1 aromatic carbocycles. The van der Waals surface area contributed by atoms with Gasteiger partial charge in [-0.2, -0.15) is 0 Å². The van der Waals surface area contributed by atoms with Gasteiger partial charge in [0.25, 0.3) is 11.8 Å². The summed E-state index contributed by atoms with van der Waals surface area (Å²) in [6.07, 6.45) is 0. The van der Waals surface area contributed by atoms with Crippen LogP contribution in [0.2, 0.25) is 0 Å². The minimum absolute atomic E-state index is 0.0501. The number of nitrogens with one attached hydrogen (secondary N) is 2. The van der Waals surface area contributed by atoms with E-state index < -0.39 is 0 Å². The third-order valence-electron chi connectivity index (χ3n) is 5.18. The first-order chi connectivity index (χ1) is 15.1. The molecule has 4 rings (SSSR count). The summed E-state index contributed by atoms with van der Waals surface area (Å²) in [5.74, 6) is 1.36. The van der Waals surface area contributed by atoms with Gasteiger partial charge in [-0.25, -0.2) is 0 Å². The Morgan fingerprint density at radius 3 is 2.48 bits per heavy atom. The number of amides is 2. The number of morpholine rings is 1. The van der Waals surface area contributed by atoms with Gasteiger partial charge in [-0.1, -0.05) is 6.07 Å². The Balaban J connectivity index is 1.37. The van der Waals surface area contributed by atoms with Crippen LogP contribution in [0.5, 0.6) is 0 Å². The van der Waals surface area contributed by atoms with E-state index in [0.29, 0.717) is 35.9 Å². The van der Waals surface area contributed by atoms with Crippen molar-refractivity contribution in [3.05, 3.63) is 75.9 Å². The van der Waals surface area contributed by atoms with Crippen LogP contribution in [-0.4, -0.2) is 49.6 Å². The number of hydrogen-bond acceptors (Lipinski definition) is 6. The van der Waals surface area contributed by atoms with Crippen LogP contribution >= 0.6 is 11.3 Å². The number of anilines is 1. The first-order valence-electron chi connectivity index (χ1n) is 10.2. The van der Waals surface area contributed by atoms with Crippen molar-refractivity contribution in [2.45, 2.75) is 13.0 Å². The zero-order valence-electron chi connectivity index (χ0n) is 17.3. The average molecular weight is 440 g/mol. The van der Waals surface area contributed by atoms with E-state index >= 15 is 0 Å². The number of nitrogens with zero attached hydrogens (tertiary/aromatic N) is 1. The lowest BCUT2D eigenvalue weighted by Gasteiger charge is -2.33. The molecule has 0 saturated carbocycles. The van der Waals surface area contributed by atoms with E-state index in [1.807, 2.05) is 30.5 Å². The summed E-state index contributed by atoms with van der Waals surface area (Å²) in [5.41, 5.74) is 1.18. The highest BCUT2D eigenvalue weighted by molar-refractivity contribution is 7.12. The van der Waals surface area contributed by atoms with E-state index in [4.69, 9.17) is 9.15 Å². The highest BCUT2D eigenvalue weighted by Crippen LogP contribution is 2.23. The Morgan fingerprint density at radius 1 is 1.06 bits per heavy atom. The molecule has 1 fully saturated rings. The summed E-state index contributed by atoms with van der Waals surface area (Å²) in [5, 5.41) is 7.71. The first kappa shape index (κ1) is 21.3. The number of carbonyl (C=O) groups is 2. The number of hydrogen-bond donors (Lipinski definition) is 2. The van der Waals surface area contributed by atoms with Crippen LogP contribution in [0.3, 0.4) is 0 Å². The van der Waals surface area contributed by atoms with Crippen LogP contribution in [-0.2, 0) is 4.74 Å². The van der Waals surface area contributed by atoms with Crippen molar-refractivity contribution in [2.75, 3.05) is 38.2 Å². The van der Waals surface area contributed by atoms with Crippen LogP contribution in [0.25, 0.3) is 0 Å². The fourth-order valence-electron chi connectivity index (χ4n) is 3.53. The Hall–Kier alpha value is -2.94. The fourth-order valence-corrected chi connectivity index (χ4v) is 4.15. The number of aryl methyl sites for hydroxylation is 1. The molecule has 7 nitrogen and oxygen atoms in total. The number of rotatable bonds is 7. The van der Waals surface area contributed by atoms with Gasteiger partial charge >= 0.3 is 0 Å². The minimum Gasteiger partial charge on any atom is -0.465 e. The van der Waals surface area contributed by atoms with E-state index in [0.717, 1.165) is 24.6 Å². The SMILES string of the molecule is Cc1ccc([C@H](CNC(=O)c2ccc(NC(=O)c3cccs3)cc2)N2CCOCC2)o1. The van der Waals surface area contributed by atoms with Crippen molar-refractivity contribution < 1.29 is 18.7 Å². The quantitative estimate of drug-likeness (QED) is 0.586. The Kier molecular flexibility index (Phi) is 6.81. The number of thiophene rings is 1. The molecule has 2 amide bonds. The molecular weight excluding hydrogens is 414 g/mol. The monoisotopic (exact) mass is 439 g/mol. The first-order valence-corrected chi connectivity index (χ1v) is 11.1. The molecule has 162 valence electrons. The van der Waals surface area contributed by atoms with E-state index in [1.165, 1.54) is 11.3 Å². The third kappa shape index (κ3) is 5.41. The predicted octanol–water partition coefficient (Wildman–Crippen LogP) is 3.71. The zero-order valence-corrected chi connectivity index (χ0v) is 18.1. The maximum absolute atomic E-state index is 12.7. The zero-order chi connectivity index (χ0) is 21.6. The lowest BCUT2D eigenvalue weighted by Crippen LogP contribution is -2.43. The predicted molar refractivity (Wildman–Crippen MR) is 120 cm³/mol. The van der Waals surface area contributed by atoms with Crippen molar-refractivity contribution in [3.8, 4) is 0 Å². The summed E-state index contributed by atoms with van der Waals surface area (Å²) >= 11 is 1.38. The molecule has 3 aromatic rings. The fraction of sp³-hybridized carbons (Fsp3) is 0.304. The molecule has 31 heavy (non-hydrogen) atoms. The maximum Gasteiger partial charge on any atom is 0.265 e. The molecule has 1 atom stereocenters. The number of furan rings is 1. The molecule has 1 saturated heterocycles. The van der Waals surface area contributed by atoms with Crippen LogP contribution in [0.1, 0.15) is 37.6 Å². The largest absolute Gasteiger partial charge is 0.465 e. The summed E-state index contributed by atoms with van der Waals surface area (Å²) in [4.78, 5) is 27.8. The molecule has 2 aromatic heterocycles. The average Bonchev–Trinajstić information content (AvgIpc) is 3.47. The second kappa shape index (κ2) is 9.91. The second-order valence-corrected chi connectivity index (χ2v) is 8.28. The van der Waals surface area contributed by atoms with Crippen LogP contribution in [0.4, 0.5) is 5.69 Å². The van der Waals surface area contributed by atoms with Crippen molar-refractivity contribution in [1.82, 2.24) is 10.2 Å². The highest BCUT2D eigenvalue weighted by atomic mass is 32.1. The van der Waals surface area contributed by atoms with Gasteiger partial charge in [-0.15, -0.1) is 11.3 Å². The molecule has 0 spiro atoms. The van der Waals surface area contributed by atoms with Gasteiger partial charge in [0, 0.05) is 30.9 Å². The standard InChI is InChI=1S/C23H25N3O4S/c1-16-4-9-20(30-16)19(26-10-12-29-13-11-26)15-24-22(27)17-5-7-18(8-6-17)25-23(28)21-3-2-14-31-21/h2-9,14,19H,10-13,15H2,1H3,(H,24,27)(H,25,28)/t19-/m0/s1. The minimum atomic E-state index is -0.169. The Morgan fingerprint density at radius 2 is 1.84 bits per heavy atom. The maximum atomic E-state index is 12.7. The van der Waals surface area contributed by atoms with Gasteiger partial charge in [-0.05, 0) is 54.8 Å². The van der Waals surface area contributed by atoms with Gasteiger partial charge in [0.05, 0.1) is 24.1 Å². The Labute approximate surface area is 185 Å². The molecule has 0 aliphatic carbocycles. The van der Waals surface area contributed by atoms with Crippen molar-refractivity contribution in [2.24, 2.45) is 0 Å². The van der Waals surface area contributed by atoms with Gasteiger partial charge in [0.15, 0.2) is 0 Å². The van der Waals surface area contributed by atoms with E-state index in [-0.39, 0.29) is 17.9 Å². The second-order valence-electron chi connectivity index (χ2n) is 7.33. The van der Waals surface area contributed by atoms with Crippen LogP contribution < -0.4 is 10.6 Å².